The molecule has 6 heteroatoms. The van der Waals surface area contributed by atoms with Crippen LogP contribution in [0.3, 0.4) is 0 Å². The molecule has 0 saturated heterocycles. The number of aromatic amines is 1. The van der Waals surface area contributed by atoms with Crippen LogP contribution in [-0.2, 0) is 13.0 Å². The minimum Gasteiger partial charge on any atom is -0.325 e. The van der Waals surface area contributed by atoms with Gasteiger partial charge in [-0.2, -0.15) is 0 Å². The summed E-state index contributed by atoms with van der Waals surface area (Å²) in [5.41, 5.74) is 6.81. The van der Waals surface area contributed by atoms with Crippen LogP contribution in [0.5, 0.6) is 0 Å². The Labute approximate surface area is 96.4 Å². The smallest absolute Gasteiger partial charge is 0.251 e. The van der Waals surface area contributed by atoms with Crippen LogP contribution in [0.2, 0.25) is 0 Å². The highest BCUT2D eigenvalue weighted by Crippen LogP contribution is 2.10. The molecule has 5 nitrogen and oxygen atoms in total. The van der Waals surface area contributed by atoms with Crippen LogP contribution in [0.4, 0.5) is 0 Å². The van der Waals surface area contributed by atoms with E-state index in [0.29, 0.717) is 17.9 Å². The van der Waals surface area contributed by atoms with Gasteiger partial charge in [0.1, 0.15) is 5.82 Å². The van der Waals surface area contributed by atoms with E-state index in [1.165, 1.54) is 6.07 Å². The number of H-pyrrole nitrogens is 1. The van der Waals surface area contributed by atoms with E-state index >= 15 is 0 Å². The summed E-state index contributed by atoms with van der Waals surface area (Å²) >= 11 is 1.58. The van der Waals surface area contributed by atoms with E-state index in [-0.39, 0.29) is 12.1 Å². The van der Waals surface area contributed by atoms with Crippen LogP contribution in [-0.4, -0.2) is 15.0 Å². The molecule has 0 aliphatic carbocycles. The Bertz CT molecular complexity index is 546. The van der Waals surface area contributed by atoms with Crippen molar-refractivity contribution in [3.05, 3.63) is 44.0 Å². The second-order valence-electron chi connectivity index (χ2n) is 3.42. The lowest BCUT2D eigenvalue weighted by atomic mass is 10.3. The number of aromatic nitrogens is 3. The molecule has 0 radical (unpaired) electrons. The summed E-state index contributed by atoms with van der Waals surface area (Å²) in [6.45, 7) is 2.22. The third kappa shape index (κ3) is 2.53. The molecule has 0 amide bonds. The van der Waals surface area contributed by atoms with Crippen LogP contribution in [0.1, 0.15) is 22.2 Å². The summed E-state index contributed by atoms with van der Waals surface area (Å²) in [5, 5.41) is 2.97. The largest absolute Gasteiger partial charge is 0.325 e. The second-order valence-corrected chi connectivity index (χ2v) is 4.48. The van der Waals surface area contributed by atoms with Gasteiger partial charge in [-0.05, 0) is 6.92 Å². The van der Waals surface area contributed by atoms with E-state index in [9.17, 15) is 4.79 Å². The van der Waals surface area contributed by atoms with Gasteiger partial charge in [-0.15, -0.1) is 11.3 Å². The lowest BCUT2D eigenvalue weighted by Gasteiger charge is -2.00. The van der Waals surface area contributed by atoms with Crippen molar-refractivity contribution in [3.8, 4) is 0 Å². The molecule has 0 aromatic carbocycles. The average molecular weight is 236 g/mol. The molecule has 3 N–H and O–H groups in total. The minimum atomic E-state index is -0.169. The van der Waals surface area contributed by atoms with Gasteiger partial charge in [-0.25, -0.2) is 9.97 Å². The molecule has 2 rings (SSSR count). The van der Waals surface area contributed by atoms with Gasteiger partial charge in [-0.1, -0.05) is 0 Å². The van der Waals surface area contributed by atoms with Crippen molar-refractivity contribution in [1.82, 2.24) is 15.0 Å². The standard InChI is InChI=1S/C10H12N4OS/c1-6-12-8(5-16-6)2-9-13-7(4-11)3-10(15)14-9/h3,5H,2,4,11H2,1H3,(H,13,14,15). The summed E-state index contributed by atoms with van der Waals surface area (Å²) < 4.78 is 0. The van der Waals surface area contributed by atoms with Gasteiger partial charge in [0.25, 0.3) is 5.56 Å². The number of thiazole rings is 1. The Morgan fingerprint density at radius 3 is 2.88 bits per heavy atom. The minimum absolute atomic E-state index is 0.169. The highest BCUT2D eigenvalue weighted by molar-refractivity contribution is 7.09. The van der Waals surface area contributed by atoms with E-state index in [1.54, 1.807) is 11.3 Å². The lowest BCUT2D eigenvalue weighted by molar-refractivity contribution is 0.864. The molecule has 84 valence electrons. The van der Waals surface area contributed by atoms with Crippen molar-refractivity contribution in [3.63, 3.8) is 0 Å². The van der Waals surface area contributed by atoms with Gasteiger partial charge in [0, 0.05) is 24.4 Å². The molecule has 0 atom stereocenters. The fourth-order valence-electron chi connectivity index (χ4n) is 1.41. The topological polar surface area (TPSA) is 84.7 Å². The van der Waals surface area contributed by atoms with Gasteiger partial charge >= 0.3 is 0 Å². The molecule has 0 aliphatic heterocycles. The number of aryl methyl sites for hydroxylation is 1. The Morgan fingerprint density at radius 2 is 2.25 bits per heavy atom. The third-order valence-electron chi connectivity index (χ3n) is 2.07. The van der Waals surface area contributed by atoms with Crippen molar-refractivity contribution in [2.24, 2.45) is 5.73 Å². The fraction of sp³-hybridized carbons (Fsp3) is 0.300. The Hall–Kier alpha value is -1.53. The number of rotatable bonds is 3. The quantitative estimate of drug-likeness (QED) is 0.816. The summed E-state index contributed by atoms with van der Waals surface area (Å²) in [5.74, 6) is 0.609. The first-order valence-corrected chi connectivity index (χ1v) is 5.75. The van der Waals surface area contributed by atoms with Crippen molar-refractivity contribution >= 4 is 11.3 Å². The maximum Gasteiger partial charge on any atom is 0.251 e. The fourth-order valence-corrected chi connectivity index (χ4v) is 2.03. The Balaban J connectivity index is 2.27. The molecular weight excluding hydrogens is 224 g/mol. The van der Waals surface area contributed by atoms with E-state index < -0.39 is 0 Å². The summed E-state index contributed by atoms with van der Waals surface area (Å²) in [4.78, 5) is 22.5. The van der Waals surface area contributed by atoms with E-state index in [4.69, 9.17) is 5.73 Å². The molecule has 0 aliphatic rings. The normalized spacial score (nSPS) is 10.6. The predicted molar refractivity (Wildman–Crippen MR) is 62.4 cm³/mol. The van der Waals surface area contributed by atoms with Crippen molar-refractivity contribution in [2.75, 3.05) is 0 Å². The summed E-state index contributed by atoms with van der Waals surface area (Å²) in [7, 11) is 0. The number of nitrogens with one attached hydrogen (secondary N) is 1. The third-order valence-corrected chi connectivity index (χ3v) is 2.89. The monoisotopic (exact) mass is 236 g/mol. The Morgan fingerprint density at radius 1 is 1.44 bits per heavy atom. The van der Waals surface area contributed by atoms with Crippen LogP contribution in [0.15, 0.2) is 16.2 Å². The maximum atomic E-state index is 11.3. The molecule has 16 heavy (non-hydrogen) atoms. The zero-order chi connectivity index (χ0) is 11.5. The maximum absolute atomic E-state index is 11.3. The van der Waals surface area contributed by atoms with Gasteiger partial charge in [0.2, 0.25) is 0 Å². The first kappa shape index (κ1) is 11.0. The van der Waals surface area contributed by atoms with Gasteiger partial charge in [0.05, 0.1) is 16.4 Å². The molecule has 2 aromatic rings. The zero-order valence-electron chi connectivity index (χ0n) is 8.86. The molecule has 0 unspecified atom stereocenters. The molecular formula is C10H12N4OS. The van der Waals surface area contributed by atoms with E-state index in [0.717, 1.165) is 10.7 Å². The van der Waals surface area contributed by atoms with Gasteiger partial charge in [-0.3, -0.25) is 4.79 Å². The highest BCUT2D eigenvalue weighted by atomic mass is 32.1. The van der Waals surface area contributed by atoms with Gasteiger partial charge < -0.3 is 10.7 Å². The van der Waals surface area contributed by atoms with E-state index in [1.807, 2.05) is 12.3 Å². The first-order chi connectivity index (χ1) is 7.67. The molecule has 2 heterocycles. The highest BCUT2D eigenvalue weighted by Gasteiger charge is 2.04. The average Bonchev–Trinajstić information content (AvgIpc) is 2.63. The van der Waals surface area contributed by atoms with Crippen LogP contribution in [0.25, 0.3) is 0 Å². The number of nitrogens with two attached hydrogens (primary N) is 1. The van der Waals surface area contributed by atoms with Crippen LogP contribution >= 0.6 is 11.3 Å². The van der Waals surface area contributed by atoms with Gasteiger partial charge in [0.15, 0.2) is 0 Å². The lowest BCUT2D eigenvalue weighted by Crippen LogP contribution is -2.15. The second kappa shape index (κ2) is 4.54. The van der Waals surface area contributed by atoms with Crippen LogP contribution < -0.4 is 11.3 Å². The number of nitrogens with zero attached hydrogens (tertiary/aromatic N) is 2. The summed E-state index contributed by atoms with van der Waals surface area (Å²) in [6.07, 6.45) is 0.535. The molecule has 0 fully saturated rings. The molecule has 0 spiro atoms. The van der Waals surface area contributed by atoms with Crippen molar-refractivity contribution in [1.29, 1.82) is 0 Å². The number of hydrogen-bond acceptors (Lipinski definition) is 5. The predicted octanol–water partition coefficient (Wildman–Crippen LogP) is 0.584. The SMILES string of the molecule is Cc1nc(Cc2nc(CN)cc(=O)[nH]2)cs1. The molecule has 0 bridgehead atoms. The number of hydrogen-bond donors (Lipinski definition) is 2. The Kier molecular flexibility index (Phi) is 3.12. The van der Waals surface area contributed by atoms with Crippen molar-refractivity contribution < 1.29 is 0 Å². The summed E-state index contributed by atoms with van der Waals surface area (Å²) in [6, 6.07) is 1.41. The zero-order valence-corrected chi connectivity index (χ0v) is 9.67. The van der Waals surface area contributed by atoms with Crippen LogP contribution in [0, 0.1) is 6.92 Å². The van der Waals surface area contributed by atoms with Crippen molar-refractivity contribution in [2.45, 2.75) is 19.9 Å². The van der Waals surface area contributed by atoms with E-state index in [2.05, 4.69) is 15.0 Å². The first-order valence-electron chi connectivity index (χ1n) is 4.87. The molecule has 2 aromatic heterocycles. The molecule has 0 saturated carbocycles.